The van der Waals surface area contributed by atoms with E-state index in [0.29, 0.717) is 0 Å². The van der Waals surface area contributed by atoms with Crippen molar-refractivity contribution in [1.82, 2.24) is 10.2 Å². The van der Waals surface area contributed by atoms with Gasteiger partial charge in [0.15, 0.2) is 0 Å². The van der Waals surface area contributed by atoms with Crippen LogP contribution in [0.25, 0.3) is 0 Å². The lowest BCUT2D eigenvalue weighted by atomic mass is 9.82. The SMILES string of the molecule is CCCOc1ccc(OCCN2[C@@H]3CC[C@H]2[C@H]2CNC[C@H]23)cc1. The second kappa shape index (κ2) is 6.70. The van der Waals surface area contributed by atoms with Gasteiger partial charge in [-0.3, -0.25) is 4.90 Å². The minimum absolute atomic E-state index is 0.773. The highest BCUT2D eigenvalue weighted by molar-refractivity contribution is 5.31. The van der Waals surface area contributed by atoms with E-state index in [-0.39, 0.29) is 0 Å². The van der Waals surface area contributed by atoms with Crippen molar-refractivity contribution in [3.8, 4) is 11.5 Å². The summed E-state index contributed by atoms with van der Waals surface area (Å²) in [5.41, 5.74) is 0. The van der Waals surface area contributed by atoms with E-state index in [2.05, 4.69) is 17.1 Å². The number of nitrogens with one attached hydrogen (secondary N) is 1. The van der Waals surface area contributed by atoms with Crippen LogP contribution in [-0.2, 0) is 0 Å². The number of nitrogens with zero attached hydrogens (tertiary/aromatic N) is 1. The molecule has 23 heavy (non-hydrogen) atoms. The zero-order chi connectivity index (χ0) is 15.6. The van der Waals surface area contributed by atoms with E-state index in [1.807, 2.05) is 24.3 Å². The summed E-state index contributed by atoms with van der Waals surface area (Å²) in [5.74, 6) is 3.66. The van der Waals surface area contributed by atoms with Crippen molar-refractivity contribution < 1.29 is 9.47 Å². The zero-order valence-electron chi connectivity index (χ0n) is 14.0. The van der Waals surface area contributed by atoms with Gasteiger partial charge in [-0.25, -0.2) is 0 Å². The van der Waals surface area contributed by atoms with E-state index in [1.54, 1.807) is 0 Å². The highest BCUT2D eigenvalue weighted by Crippen LogP contribution is 2.46. The molecule has 3 saturated heterocycles. The Morgan fingerprint density at radius 1 is 0.957 bits per heavy atom. The van der Waals surface area contributed by atoms with Crippen LogP contribution in [0.5, 0.6) is 11.5 Å². The van der Waals surface area contributed by atoms with Crippen molar-refractivity contribution in [3.63, 3.8) is 0 Å². The van der Waals surface area contributed by atoms with E-state index in [9.17, 15) is 0 Å². The van der Waals surface area contributed by atoms with Crippen molar-refractivity contribution >= 4 is 0 Å². The predicted octanol–water partition coefficient (Wildman–Crippen LogP) is 2.54. The van der Waals surface area contributed by atoms with Gasteiger partial charge in [-0.15, -0.1) is 0 Å². The number of fused-ring (bicyclic) bond motifs is 5. The minimum atomic E-state index is 0.773. The van der Waals surface area contributed by atoms with Crippen LogP contribution < -0.4 is 14.8 Å². The van der Waals surface area contributed by atoms with Crippen LogP contribution in [0.4, 0.5) is 0 Å². The Morgan fingerprint density at radius 2 is 1.52 bits per heavy atom. The Morgan fingerprint density at radius 3 is 2.09 bits per heavy atom. The maximum atomic E-state index is 5.96. The molecule has 4 heteroatoms. The predicted molar refractivity (Wildman–Crippen MR) is 91.1 cm³/mol. The lowest BCUT2D eigenvalue weighted by molar-refractivity contribution is 0.179. The van der Waals surface area contributed by atoms with Gasteiger partial charge in [0.25, 0.3) is 0 Å². The molecule has 0 amide bonds. The summed E-state index contributed by atoms with van der Waals surface area (Å²) < 4.78 is 11.6. The summed E-state index contributed by atoms with van der Waals surface area (Å²) in [4.78, 5) is 2.73. The molecule has 4 nitrogen and oxygen atoms in total. The van der Waals surface area contributed by atoms with Crippen LogP contribution >= 0.6 is 0 Å². The van der Waals surface area contributed by atoms with Crippen molar-refractivity contribution in [2.45, 2.75) is 38.3 Å². The first-order valence-electron chi connectivity index (χ1n) is 9.19. The maximum absolute atomic E-state index is 5.96. The third kappa shape index (κ3) is 2.94. The first-order valence-corrected chi connectivity index (χ1v) is 9.19. The zero-order valence-corrected chi connectivity index (χ0v) is 14.0. The first kappa shape index (κ1) is 15.3. The molecule has 0 spiro atoms. The fourth-order valence-corrected chi connectivity index (χ4v) is 4.85. The molecular weight excluding hydrogens is 288 g/mol. The van der Waals surface area contributed by atoms with Gasteiger partial charge in [0, 0.05) is 18.6 Å². The van der Waals surface area contributed by atoms with Crippen LogP contribution in [0.3, 0.4) is 0 Å². The molecule has 0 aliphatic carbocycles. The molecule has 1 aromatic rings. The molecule has 3 fully saturated rings. The Hall–Kier alpha value is -1.26. The van der Waals surface area contributed by atoms with Gasteiger partial charge in [0.1, 0.15) is 18.1 Å². The molecule has 3 heterocycles. The average Bonchev–Trinajstić information content (AvgIpc) is 3.26. The molecule has 4 rings (SSSR count). The number of rotatable bonds is 7. The number of hydrogen-bond donors (Lipinski definition) is 1. The number of ether oxygens (including phenoxy) is 2. The molecule has 0 saturated carbocycles. The van der Waals surface area contributed by atoms with E-state index < -0.39 is 0 Å². The Balaban J connectivity index is 1.26. The molecule has 2 bridgehead atoms. The van der Waals surface area contributed by atoms with Gasteiger partial charge in [0.05, 0.1) is 6.61 Å². The standard InChI is InChI=1S/C19H28N2O2/c1-2-10-22-14-3-5-15(6-4-14)23-11-9-21-18-7-8-19(21)17-13-20-12-16(17)18/h3-6,16-20H,2,7-13H2,1H3/t16-,17+,18-,19+. The summed E-state index contributed by atoms with van der Waals surface area (Å²) in [6, 6.07) is 9.63. The monoisotopic (exact) mass is 316 g/mol. The molecule has 0 radical (unpaired) electrons. The van der Waals surface area contributed by atoms with Gasteiger partial charge in [-0.2, -0.15) is 0 Å². The summed E-state index contributed by atoms with van der Waals surface area (Å²) in [6.45, 7) is 7.19. The molecule has 3 aliphatic heterocycles. The Bertz CT molecular complexity index is 501. The van der Waals surface area contributed by atoms with E-state index in [0.717, 1.165) is 61.6 Å². The molecule has 126 valence electrons. The second-order valence-electron chi connectivity index (χ2n) is 7.10. The van der Waals surface area contributed by atoms with Crippen LogP contribution in [0, 0.1) is 11.8 Å². The molecule has 4 atom stereocenters. The normalized spacial score (nSPS) is 32.2. The molecule has 1 N–H and O–H groups in total. The van der Waals surface area contributed by atoms with Crippen molar-refractivity contribution in [2.75, 3.05) is 32.8 Å². The topological polar surface area (TPSA) is 33.7 Å². The number of hydrogen-bond acceptors (Lipinski definition) is 4. The molecule has 1 aromatic carbocycles. The van der Waals surface area contributed by atoms with E-state index in [4.69, 9.17) is 9.47 Å². The van der Waals surface area contributed by atoms with Crippen molar-refractivity contribution in [1.29, 1.82) is 0 Å². The van der Waals surface area contributed by atoms with Crippen LogP contribution in [0.15, 0.2) is 24.3 Å². The van der Waals surface area contributed by atoms with Gasteiger partial charge in [0.2, 0.25) is 0 Å². The molecule has 0 unspecified atom stereocenters. The van der Waals surface area contributed by atoms with Crippen LogP contribution in [-0.4, -0.2) is 49.8 Å². The summed E-state index contributed by atoms with van der Waals surface area (Å²) >= 11 is 0. The van der Waals surface area contributed by atoms with Crippen LogP contribution in [0.2, 0.25) is 0 Å². The van der Waals surface area contributed by atoms with Gasteiger partial charge in [-0.05, 0) is 68.5 Å². The van der Waals surface area contributed by atoms with E-state index >= 15 is 0 Å². The summed E-state index contributed by atoms with van der Waals surface area (Å²) in [6.07, 6.45) is 3.81. The fraction of sp³-hybridized carbons (Fsp3) is 0.684. The smallest absolute Gasteiger partial charge is 0.119 e. The van der Waals surface area contributed by atoms with E-state index in [1.165, 1.54) is 25.9 Å². The van der Waals surface area contributed by atoms with Gasteiger partial charge in [-0.1, -0.05) is 6.92 Å². The molecule has 3 aliphatic rings. The third-order valence-electron chi connectivity index (χ3n) is 5.82. The molecule has 0 aromatic heterocycles. The Kier molecular flexibility index (Phi) is 4.45. The van der Waals surface area contributed by atoms with Crippen molar-refractivity contribution in [2.24, 2.45) is 11.8 Å². The average molecular weight is 316 g/mol. The summed E-state index contributed by atoms with van der Waals surface area (Å²) in [5, 5.41) is 3.58. The Labute approximate surface area is 139 Å². The van der Waals surface area contributed by atoms with Crippen molar-refractivity contribution in [3.05, 3.63) is 24.3 Å². The lowest BCUT2D eigenvalue weighted by Crippen LogP contribution is -2.37. The minimum Gasteiger partial charge on any atom is -0.494 e. The maximum Gasteiger partial charge on any atom is 0.119 e. The van der Waals surface area contributed by atoms with Gasteiger partial charge < -0.3 is 14.8 Å². The summed E-state index contributed by atoms with van der Waals surface area (Å²) in [7, 11) is 0. The van der Waals surface area contributed by atoms with Gasteiger partial charge >= 0.3 is 0 Å². The number of benzene rings is 1. The largest absolute Gasteiger partial charge is 0.494 e. The lowest BCUT2D eigenvalue weighted by Gasteiger charge is -2.24. The quantitative estimate of drug-likeness (QED) is 0.838. The van der Waals surface area contributed by atoms with Crippen LogP contribution in [0.1, 0.15) is 26.2 Å². The third-order valence-corrected chi connectivity index (χ3v) is 5.82. The first-order chi connectivity index (χ1) is 11.4. The second-order valence-corrected chi connectivity index (χ2v) is 7.10. The fourth-order valence-electron chi connectivity index (χ4n) is 4.85. The highest BCUT2D eigenvalue weighted by atomic mass is 16.5. The molecular formula is C19H28N2O2. The highest BCUT2D eigenvalue weighted by Gasteiger charge is 2.54.